The Kier molecular flexibility index (Phi) is 42.8. The fourth-order valence-corrected chi connectivity index (χ4v) is 7.03. The molecule has 0 saturated carbocycles. The van der Waals surface area contributed by atoms with Gasteiger partial charge in [0, 0.05) is 6.42 Å². The van der Waals surface area contributed by atoms with Crippen molar-refractivity contribution in [3.63, 3.8) is 0 Å². The van der Waals surface area contributed by atoms with Gasteiger partial charge in [-0.15, -0.1) is 0 Å². The highest BCUT2D eigenvalue weighted by atomic mass is 16.3. The van der Waals surface area contributed by atoms with Crippen molar-refractivity contribution in [2.24, 2.45) is 0 Å². The van der Waals surface area contributed by atoms with E-state index in [0.29, 0.717) is 6.42 Å². The Morgan fingerprint density at radius 2 is 0.750 bits per heavy atom. The molecule has 2 unspecified atom stereocenters. The lowest BCUT2D eigenvalue weighted by atomic mass is 10.0. The van der Waals surface area contributed by atoms with Crippen molar-refractivity contribution in [3.8, 4) is 0 Å². The molecule has 0 aromatic carbocycles. The van der Waals surface area contributed by atoms with Crippen molar-refractivity contribution in [2.45, 2.75) is 257 Å². The first-order chi connectivity index (χ1) is 25.7. The molecule has 4 nitrogen and oxygen atoms in total. The molecule has 0 radical (unpaired) electrons. The molecule has 0 aromatic rings. The summed E-state index contributed by atoms with van der Waals surface area (Å²) < 4.78 is 0. The summed E-state index contributed by atoms with van der Waals surface area (Å²) in [5.41, 5.74) is 0. The zero-order valence-corrected chi connectivity index (χ0v) is 35.1. The van der Waals surface area contributed by atoms with Gasteiger partial charge in [-0.05, 0) is 44.9 Å². The van der Waals surface area contributed by atoms with E-state index in [1.165, 1.54) is 186 Å². The van der Waals surface area contributed by atoms with Crippen LogP contribution in [0.3, 0.4) is 0 Å². The van der Waals surface area contributed by atoms with E-state index in [2.05, 4.69) is 43.5 Å². The van der Waals surface area contributed by atoms with Crippen LogP contribution in [0.5, 0.6) is 0 Å². The normalized spacial score (nSPS) is 13.2. The number of carbonyl (C=O) groups is 1. The van der Waals surface area contributed by atoms with E-state index < -0.39 is 12.1 Å². The highest BCUT2D eigenvalue weighted by Crippen LogP contribution is 2.16. The largest absolute Gasteiger partial charge is 0.394 e. The lowest BCUT2D eigenvalue weighted by Gasteiger charge is -2.19. The maximum Gasteiger partial charge on any atom is 0.220 e. The highest BCUT2D eigenvalue weighted by molar-refractivity contribution is 5.76. The minimum atomic E-state index is -0.867. The first-order valence-electron chi connectivity index (χ1n) is 23.2. The molecule has 0 saturated heterocycles. The number of hydrogen-bond acceptors (Lipinski definition) is 3. The molecule has 4 heteroatoms. The molecular formula is C48H91NO3. The molecule has 0 aliphatic heterocycles. The van der Waals surface area contributed by atoms with Crippen LogP contribution in [-0.4, -0.2) is 34.9 Å². The number of aliphatic hydroxyl groups is 2. The molecular weight excluding hydrogens is 639 g/mol. The van der Waals surface area contributed by atoms with E-state index in [-0.39, 0.29) is 12.5 Å². The predicted octanol–water partition coefficient (Wildman–Crippen LogP) is 14.6. The summed E-state index contributed by atoms with van der Waals surface area (Å²) in [6.07, 6.45) is 58.3. The fourth-order valence-electron chi connectivity index (χ4n) is 7.03. The van der Waals surface area contributed by atoms with Crippen molar-refractivity contribution in [1.82, 2.24) is 5.32 Å². The van der Waals surface area contributed by atoms with E-state index in [9.17, 15) is 15.0 Å². The predicted molar refractivity (Wildman–Crippen MR) is 230 cm³/mol. The van der Waals surface area contributed by atoms with Gasteiger partial charge in [0.1, 0.15) is 0 Å². The zero-order chi connectivity index (χ0) is 37.8. The van der Waals surface area contributed by atoms with E-state index in [1.54, 1.807) is 6.08 Å². The van der Waals surface area contributed by atoms with Crippen LogP contribution < -0.4 is 5.32 Å². The lowest BCUT2D eigenvalue weighted by Crippen LogP contribution is -2.45. The average molecular weight is 730 g/mol. The van der Waals surface area contributed by atoms with Crippen molar-refractivity contribution in [1.29, 1.82) is 0 Å². The second-order valence-electron chi connectivity index (χ2n) is 15.8. The van der Waals surface area contributed by atoms with Gasteiger partial charge in [0.05, 0.1) is 18.8 Å². The van der Waals surface area contributed by atoms with Crippen molar-refractivity contribution in [2.75, 3.05) is 6.61 Å². The molecule has 0 fully saturated rings. The molecule has 0 aliphatic rings. The van der Waals surface area contributed by atoms with Crippen LogP contribution in [0.1, 0.15) is 245 Å². The second kappa shape index (κ2) is 44.0. The number of rotatable bonds is 42. The summed E-state index contributed by atoms with van der Waals surface area (Å²) in [6, 6.07) is -0.642. The van der Waals surface area contributed by atoms with Crippen LogP contribution in [0.4, 0.5) is 0 Å². The smallest absolute Gasteiger partial charge is 0.220 e. The Labute approximate surface area is 325 Å². The van der Waals surface area contributed by atoms with E-state index in [0.717, 1.165) is 38.5 Å². The molecule has 0 bridgehead atoms. The number of hydrogen-bond donors (Lipinski definition) is 3. The van der Waals surface area contributed by atoms with Crippen molar-refractivity contribution in [3.05, 3.63) is 36.5 Å². The summed E-state index contributed by atoms with van der Waals surface area (Å²) in [4.78, 5) is 12.4. The monoisotopic (exact) mass is 730 g/mol. The van der Waals surface area contributed by atoms with E-state index in [4.69, 9.17) is 0 Å². The standard InChI is InChI=1S/C48H91NO3/c1-3-5-7-9-11-13-15-17-19-21-23-24-26-27-29-31-33-35-37-39-41-43-47(51)46(45-50)49-48(52)44-42-40-38-36-34-32-30-28-25-22-20-18-16-14-12-10-8-6-4-2/h26-27,33,35,41,43,46-47,50-51H,3-25,28-32,34,36-40,42,44-45H2,1-2H3,(H,49,52)/b27-26+,35-33+,43-41+. The minimum absolute atomic E-state index is 0.0748. The van der Waals surface area contributed by atoms with Crippen molar-refractivity contribution < 1.29 is 15.0 Å². The molecule has 1 amide bonds. The minimum Gasteiger partial charge on any atom is -0.394 e. The van der Waals surface area contributed by atoms with E-state index >= 15 is 0 Å². The summed E-state index contributed by atoms with van der Waals surface area (Å²) in [7, 11) is 0. The van der Waals surface area contributed by atoms with Gasteiger partial charge in [-0.2, -0.15) is 0 Å². The number of unbranched alkanes of at least 4 members (excludes halogenated alkanes) is 31. The molecule has 52 heavy (non-hydrogen) atoms. The molecule has 0 aliphatic carbocycles. The van der Waals surface area contributed by atoms with Crippen LogP contribution in [0.25, 0.3) is 0 Å². The van der Waals surface area contributed by atoms with Crippen LogP contribution in [0.2, 0.25) is 0 Å². The number of nitrogens with one attached hydrogen (secondary N) is 1. The molecule has 3 N–H and O–H groups in total. The van der Waals surface area contributed by atoms with Gasteiger partial charge in [0.25, 0.3) is 0 Å². The van der Waals surface area contributed by atoms with Gasteiger partial charge >= 0.3 is 0 Å². The first kappa shape index (κ1) is 50.6. The Hall–Kier alpha value is -1.39. The SMILES string of the molecule is CCCCCCCCCCCCC/C=C/CC/C=C/CC/C=C/C(O)C(CO)NC(=O)CCCCCCCCCCCCCCCCCCCCC. The first-order valence-corrected chi connectivity index (χ1v) is 23.2. The number of allylic oxidation sites excluding steroid dienone is 5. The molecule has 306 valence electrons. The number of carbonyl (C=O) groups excluding carboxylic acids is 1. The van der Waals surface area contributed by atoms with Crippen LogP contribution in [0.15, 0.2) is 36.5 Å². The Bertz CT molecular complexity index is 790. The molecule has 0 spiro atoms. The Morgan fingerprint density at radius 3 is 1.12 bits per heavy atom. The summed E-state index contributed by atoms with van der Waals surface area (Å²) >= 11 is 0. The second-order valence-corrected chi connectivity index (χ2v) is 15.8. The maximum atomic E-state index is 12.4. The summed E-state index contributed by atoms with van der Waals surface area (Å²) in [6.45, 7) is 4.31. The third-order valence-electron chi connectivity index (χ3n) is 10.6. The van der Waals surface area contributed by atoms with Gasteiger partial charge in [0.2, 0.25) is 5.91 Å². The maximum absolute atomic E-state index is 12.4. The fraction of sp³-hybridized carbons (Fsp3) is 0.854. The number of amides is 1. The Balaban J connectivity index is 3.60. The van der Waals surface area contributed by atoms with Gasteiger partial charge in [-0.3, -0.25) is 4.79 Å². The van der Waals surface area contributed by atoms with Gasteiger partial charge in [0.15, 0.2) is 0 Å². The van der Waals surface area contributed by atoms with Gasteiger partial charge in [-0.25, -0.2) is 0 Å². The topological polar surface area (TPSA) is 69.6 Å². The quantitative estimate of drug-likeness (QED) is 0.0433. The van der Waals surface area contributed by atoms with Gasteiger partial charge < -0.3 is 15.5 Å². The molecule has 0 heterocycles. The lowest BCUT2D eigenvalue weighted by molar-refractivity contribution is -0.123. The van der Waals surface area contributed by atoms with E-state index in [1.807, 2.05) is 6.08 Å². The molecule has 2 atom stereocenters. The van der Waals surface area contributed by atoms with Crippen LogP contribution in [-0.2, 0) is 4.79 Å². The molecule has 0 rings (SSSR count). The highest BCUT2D eigenvalue weighted by Gasteiger charge is 2.17. The van der Waals surface area contributed by atoms with Gasteiger partial charge in [-0.1, -0.05) is 230 Å². The van der Waals surface area contributed by atoms with Crippen molar-refractivity contribution >= 4 is 5.91 Å². The van der Waals surface area contributed by atoms with Crippen LogP contribution >= 0.6 is 0 Å². The third-order valence-corrected chi connectivity index (χ3v) is 10.6. The third kappa shape index (κ3) is 39.8. The summed E-state index contributed by atoms with van der Waals surface area (Å²) in [5, 5.41) is 23.0. The van der Waals surface area contributed by atoms with Crippen LogP contribution in [0, 0.1) is 0 Å². The zero-order valence-electron chi connectivity index (χ0n) is 35.1. The Morgan fingerprint density at radius 1 is 0.442 bits per heavy atom. The number of aliphatic hydroxyl groups excluding tert-OH is 2. The average Bonchev–Trinajstić information content (AvgIpc) is 3.15. The molecule has 0 aromatic heterocycles. The summed E-state index contributed by atoms with van der Waals surface area (Å²) in [5.74, 6) is -0.0748.